The van der Waals surface area contributed by atoms with Gasteiger partial charge in [0.2, 0.25) is 0 Å². The van der Waals surface area contributed by atoms with Gasteiger partial charge in [-0.05, 0) is 30.7 Å². The Bertz CT molecular complexity index is 606. The summed E-state index contributed by atoms with van der Waals surface area (Å²) in [5.41, 5.74) is 7.05. The van der Waals surface area contributed by atoms with E-state index >= 15 is 0 Å². The second kappa shape index (κ2) is 4.48. The number of carbonyl (C=O) groups excluding carboxylic acids is 1. The third-order valence-corrected chi connectivity index (χ3v) is 2.57. The molecule has 1 heterocycles. The average Bonchev–Trinajstić information content (AvgIpc) is 2.62. The van der Waals surface area contributed by atoms with Crippen LogP contribution < -0.4 is 11.1 Å². The number of carbonyl (C=O) groups is 1. The van der Waals surface area contributed by atoms with Crippen LogP contribution in [-0.2, 0) is 7.05 Å². The Labute approximate surface area is 103 Å². The molecule has 0 saturated heterocycles. The molecule has 5 nitrogen and oxygen atoms in total. The highest BCUT2D eigenvalue weighted by molar-refractivity contribution is 6.03. The smallest absolute Gasteiger partial charge is 0.274 e. The summed E-state index contributed by atoms with van der Waals surface area (Å²) in [7, 11) is 1.63. The van der Waals surface area contributed by atoms with Gasteiger partial charge in [-0.1, -0.05) is 0 Å². The van der Waals surface area contributed by atoms with Crippen molar-refractivity contribution in [3.8, 4) is 0 Å². The van der Waals surface area contributed by atoms with Gasteiger partial charge in [0, 0.05) is 18.8 Å². The SMILES string of the molecule is Cc1cc(F)ccc1NC(=O)c1cc(N)nn1C. The lowest BCUT2D eigenvalue weighted by atomic mass is 10.2. The number of rotatable bonds is 2. The van der Waals surface area contributed by atoms with Crippen molar-refractivity contribution in [1.29, 1.82) is 0 Å². The molecule has 0 saturated carbocycles. The number of nitrogens with zero attached hydrogens (tertiary/aromatic N) is 2. The van der Waals surface area contributed by atoms with Gasteiger partial charge in [-0.25, -0.2) is 4.39 Å². The number of benzene rings is 1. The molecule has 18 heavy (non-hydrogen) atoms. The van der Waals surface area contributed by atoms with Crippen LogP contribution in [0.25, 0.3) is 0 Å². The topological polar surface area (TPSA) is 72.9 Å². The molecule has 2 aromatic rings. The normalized spacial score (nSPS) is 10.4. The van der Waals surface area contributed by atoms with Crippen LogP contribution in [0.4, 0.5) is 15.9 Å². The Morgan fingerprint density at radius 3 is 2.72 bits per heavy atom. The lowest BCUT2D eigenvalue weighted by molar-refractivity contribution is 0.101. The van der Waals surface area contributed by atoms with E-state index in [1.807, 2.05) is 0 Å². The lowest BCUT2D eigenvalue weighted by Gasteiger charge is -2.08. The van der Waals surface area contributed by atoms with Gasteiger partial charge < -0.3 is 11.1 Å². The van der Waals surface area contributed by atoms with Crippen LogP contribution >= 0.6 is 0 Å². The van der Waals surface area contributed by atoms with Gasteiger partial charge in [0.1, 0.15) is 17.3 Å². The first-order chi connectivity index (χ1) is 8.47. The molecule has 0 aliphatic carbocycles. The highest BCUT2D eigenvalue weighted by Gasteiger charge is 2.13. The Morgan fingerprint density at radius 2 is 2.17 bits per heavy atom. The maximum atomic E-state index is 12.9. The molecule has 0 fully saturated rings. The molecule has 0 bridgehead atoms. The lowest BCUT2D eigenvalue weighted by Crippen LogP contribution is -2.16. The van der Waals surface area contributed by atoms with E-state index < -0.39 is 0 Å². The van der Waals surface area contributed by atoms with Crippen molar-refractivity contribution in [3.05, 3.63) is 41.3 Å². The van der Waals surface area contributed by atoms with Crippen molar-refractivity contribution in [2.75, 3.05) is 11.1 Å². The highest BCUT2D eigenvalue weighted by Crippen LogP contribution is 2.17. The summed E-state index contributed by atoms with van der Waals surface area (Å²) in [6.45, 7) is 1.72. The van der Waals surface area contributed by atoms with E-state index in [0.29, 0.717) is 16.9 Å². The zero-order valence-electron chi connectivity index (χ0n) is 10.1. The van der Waals surface area contributed by atoms with Gasteiger partial charge >= 0.3 is 0 Å². The fourth-order valence-electron chi connectivity index (χ4n) is 1.66. The Balaban J connectivity index is 2.24. The number of aryl methyl sites for hydroxylation is 2. The molecular formula is C12H13FN4O. The summed E-state index contributed by atoms with van der Waals surface area (Å²) in [5, 5.41) is 6.57. The fraction of sp³-hybridized carbons (Fsp3) is 0.167. The van der Waals surface area contributed by atoms with E-state index in [0.717, 1.165) is 0 Å². The predicted molar refractivity (Wildman–Crippen MR) is 66.7 cm³/mol. The van der Waals surface area contributed by atoms with E-state index in [-0.39, 0.29) is 17.5 Å². The van der Waals surface area contributed by atoms with Crippen LogP contribution in [-0.4, -0.2) is 15.7 Å². The van der Waals surface area contributed by atoms with Gasteiger partial charge in [-0.15, -0.1) is 0 Å². The van der Waals surface area contributed by atoms with E-state index in [9.17, 15) is 9.18 Å². The van der Waals surface area contributed by atoms with E-state index in [2.05, 4.69) is 10.4 Å². The van der Waals surface area contributed by atoms with Crippen LogP contribution in [0.3, 0.4) is 0 Å². The van der Waals surface area contributed by atoms with Crippen LogP contribution in [0.15, 0.2) is 24.3 Å². The van der Waals surface area contributed by atoms with Gasteiger partial charge in [0.25, 0.3) is 5.91 Å². The van der Waals surface area contributed by atoms with Crippen molar-refractivity contribution >= 4 is 17.4 Å². The third kappa shape index (κ3) is 2.32. The number of halogens is 1. The maximum absolute atomic E-state index is 12.9. The predicted octanol–water partition coefficient (Wildman–Crippen LogP) is 1.70. The first kappa shape index (κ1) is 12.1. The molecule has 0 radical (unpaired) electrons. The molecule has 6 heteroatoms. The van der Waals surface area contributed by atoms with E-state index in [1.54, 1.807) is 14.0 Å². The van der Waals surface area contributed by atoms with Gasteiger partial charge in [0.05, 0.1) is 0 Å². The first-order valence-electron chi connectivity index (χ1n) is 5.34. The minimum Gasteiger partial charge on any atom is -0.382 e. The molecule has 0 aliphatic rings. The quantitative estimate of drug-likeness (QED) is 0.849. The number of nitrogen functional groups attached to an aromatic ring is 1. The van der Waals surface area contributed by atoms with Gasteiger partial charge in [-0.2, -0.15) is 5.10 Å². The second-order valence-corrected chi connectivity index (χ2v) is 3.99. The molecule has 2 rings (SSSR count). The molecule has 1 aromatic carbocycles. The van der Waals surface area contributed by atoms with Crippen molar-refractivity contribution in [1.82, 2.24) is 9.78 Å². The molecule has 0 spiro atoms. The Kier molecular flexibility index (Phi) is 3.01. The largest absolute Gasteiger partial charge is 0.382 e. The monoisotopic (exact) mass is 248 g/mol. The van der Waals surface area contributed by atoms with Crippen LogP contribution in [0, 0.1) is 12.7 Å². The summed E-state index contributed by atoms with van der Waals surface area (Å²) in [4.78, 5) is 12.0. The number of nitrogens with two attached hydrogens (primary N) is 1. The zero-order chi connectivity index (χ0) is 13.3. The third-order valence-electron chi connectivity index (χ3n) is 2.57. The fourth-order valence-corrected chi connectivity index (χ4v) is 1.66. The molecular weight excluding hydrogens is 235 g/mol. The number of hydrogen-bond acceptors (Lipinski definition) is 3. The maximum Gasteiger partial charge on any atom is 0.274 e. The Morgan fingerprint density at radius 1 is 1.44 bits per heavy atom. The van der Waals surface area contributed by atoms with Crippen molar-refractivity contribution < 1.29 is 9.18 Å². The summed E-state index contributed by atoms with van der Waals surface area (Å²) in [5.74, 6) is -0.398. The number of anilines is 2. The molecule has 94 valence electrons. The summed E-state index contributed by atoms with van der Waals surface area (Å²) in [6.07, 6.45) is 0. The number of hydrogen-bond donors (Lipinski definition) is 2. The van der Waals surface area contributed by atoms with Crippen LogP contribution in [0.2, 0.25) is 0 Å². The van der Waals surface area contributed by atoms with E-state index in [4.69, 9.17) is 5.73 Å². The highest BCUT2D eigenvalue weighted by atomic mass is 19.1. The number of amides is 1. The van der Waals surface area contributed by atoms with Crippen molar-refractivity contribution in [2.45, 2.75) is 6.92 Å². The van der Waals surface area contributed by atoms with E-state index in [1.165, 1.54) is 28.9 Å². The first-order valence-corrected chi connectivity index (χ1v) is 5.34. The minimum absolute atomic E-state index is 0.276. The van der Waals surface area contributed by atoms with Crippen LogP contribution in [0.1, 0.15) is 16.1 Å². The minimum atomic E-state index is -0.338. The molecule has 0 aliphatic heterocycles. The molecule has 3 N–H and O–H groups in total. The number of aromatic nitrogens is 2. The summed E-state index contributed by atoms with van der Waals surface area (Å²) in [6, 6.07) is 5.64. The second-order valence-electron chi connectivity index (χ2n) is 3.99. The van der Waals surface area contributed by atoms with Gasteiger partial charge in [0.15, 0.2) is 0 Å². The molecule has 1 aromatic heterocycles. The van der Waals surface area contributed by atoms with Crippen molar-refractivity contribution in [2.24, 2.45) is 7.05 Å². The van der Waals surface area contributed by atoms with Gasteiger partial charge in [-0.3, -0.25) is 9.48 Å². The summed E-state index contributed by atoms with van der Waals surface area (Å²) < 4.78 is 14.3. The Hall–Kier alpha value is -2.37. The zero-order valence-corrected chi connectivity index (χ0v) is 10.1. The average molecular weight is 248 g/mol. The van der Waals surface area contributed by atoms with Crippen LogP contribution in [0.5, 0.6) is 0 Å². The summed E-state index contributed by atoms with van der Waals surface area (Å²) >= 11 is 0. The molecule has 0 atom stereocenters. The molecule has 1 amide bonds. The number of nitrogens with one attached hydrogen (secondary N) is 1. The standard InChI is InChI=1S/C12H13FN4O/c1-7-5-8(13)3-4-9(7)15-12(18)10-6-11(14)16-17(10)2/h3-6H,1-2H3,(H2,14,16)(H,15,18). The van der Waals surface area contributed by atoms with Crippen molar-refractivity contribution in [3.63, 3.8) is 0 Å². The molecule has 0 unspecified atom stereocenters.